The summed E-state index contributed by atoms with van der Waals surface area (Å²) in [6.07, 6.45) is 2.14. The Labute approximate surface area is 174 Å². The number of hydrogen-bond acceptors (Lipinski definition) is 4. The molecule has 0 radical (unpaired) electrons. The molecule has 156 valence electrons. The molecule has 2 heterocycles. The Kier molecular flexibility index (Phi) is 5.93. The molecule has 8 heteroatoms. The van der Waals surface area contributed by atoms with Crippen molar-refractivity contribution < 1.29 is 17.2 Å². The Balaban J connectivity index is 1.76. The molecule has 0 spiro atoms. The number of fused-ring (bicyclic) bond motifs is 1. The summed E-state index contributed by atoms with van der Waals surface area (Å²) >= 11 is 6.07. The van der Waals surface area contributed by atoms with Gasteiger partial charge in [0, 0.05) is 13.1 Å². The van der Waals surface area contributed by atoms with E-state index in [0.717, 1.165) is 37.2 Å². The SMILES string of the molecule is O=S(=O)(c1cc(F)c(F)cc1Cl)C(C1CCNCC1)N1CCc2ccccc2C1. The molecular weight excluding hydrogens is 418 g/mol. The molecule has 29 heavy (non-hydrogen) atoms. The van der Waals surface area contributed by atoms with Crippen molar-refractivity contribution in [3.63, 3.8) is 0 Å². The first-order chi connectivity index (χ1) is 13.9. The summed E-state index contributed by atoms with van der Waals surface area (Å²) in [4.78, 5) is 1.63. The van der Waals surface area contributed by atoms with Crippen LogP contribution in [0.25, 0.3) is 0 Å². The highest BCUT2D eigenvalue weighted by atomic mass is 35.5. The van der Waals surface area contributed by atoms with Gasteiger partial charge in [-0.05, 0) is 61.5 Å². The molecule has 0 bridgehead atoms. The van der Waals surface area contributed by atoms with E-state index < -0.39 is 26.8 Å². The second-order valence-electron chi connectivity index (χ2n) is 7.71. The average molecular weight is 441 g/mol. The first-order valence-corrected chi connectivity index (χ1v) is 11.7. The maximum absolute atomic E-state index is 13.9. The topological polar surface area (TPSA) is 49.4 Å². The van der Waals surface area contributed by atoms with Crippen LogP contribution < -0.4 is 5.32 Å². The molecule has 0 amide bonds. The number of benzene rings is 2. The smallest absolute Gasteiger partial charge is 0.196 e. The Morgan fingerprint density at radius 1 is 1.07 bits per heavy atom. The number of rotatable bonds is 4. The molecule has 4 rings (SSSR count). The van der Waals surface area contributed by atoms with Gasteiger partial charge in [-0.15, -0.1) is 0 Å². The quantitative estimate of drug-likeness (QED) is 0.580. The molecule has 1 unspecified atom stereocenters. The van der Waals surface area contributed by atoms with Gasteiger partial charge in [0.2, 0.25) is 0 Å². The first-order valence-electron chi connectivity index (χ1n) is 9.78. The van der Waals surface area contributed by atoms with Crippen LogP contribution in [0.5, 0.6) is 0 Å². The zero-order valence-electron chi connectivity index (χ0n) is 15.9. The van der Waals surface area contributed by atoms with Crippen LogP contribution in [0.2, 0.25) is 5.02 Å². The van der Waals surface area contributed by atoms with E-state index in [4.69, 9.17) is 11.6 Å². The Hall–Kier alpha value is -1.54. The predicted octanol–water partition coefficient (Wildman–Crippen LogP) is 3.78. The number of piperidine rings is 1. The average Bonchev–Trinajstić information content (AvgIpc) is 2.71. The van der Waals surface area contributed by atoms with Gasteiger partial charge in [-0.3, -0.25) is 4.90 Å². The molecule has 0 aromatic heterocycles. The molecule has 4 nitrogen and oxygen atoms in total. The second kappa shape index (κ2) is 8.30. The van der Waals surface area contributed by atoms with Gasteiger partial charge in [0.15, 0.2) is 21.5 Å². The molecule has 0 saturated carbocycles. The van der Waals surface area contributed by atoms with Crippen molar-refractivity contribution >= 4 is 21.4 Å². The van der Waals surface area contributed by atoms with Crippen molar-refractivity contribution in [3.8, 4) is 0 Å². The molecule has 1 fully saturated rings. The highest BCUT2D eigenvalue weighted by Crippen LogP contribution is 2.36. The Bertz CT molecular complexity index is 1010. The highest BCUT2D eigenvalue weighted by molar-refractivity contribution is 7.92. The summed E-state index contributed by atoms with van der Waals surface area (Å²) in [5, 5.41) is 2.15. The maximum Gasteiger partial charge on any atom is 0.196 e. The minimum absolute atomic E-state index is 0.115. The summed E-state index contributed by atoms with van der Waals surface area (Å²) < 4.78 is 54.8. The lowest BCUT2D eigenvalue weighted by Crippen LogP contribution is -2.50. The summed E-state index contributed by atoms with van der Waals surface area (Å²) in [5.74, 6) is -2.48. The van der Waals surface area contributed by atoms with E-state index in [9.17, 15) is 17.2 Å². The van der Waals surface area contributed by atoms with E-state index in [1.54, 1.807) is 0 Å². The molecule has 2 aromatic rings. The molecule has 1 atom stereocenters. The van der Waals surface area contributed by atoms with Crippen LogP contribution in [0, 0.1) is 17.6 Å². The summed E-state index contributed by atoms with van der Waals surface area (Å²) in [7, 11) is -4.01. The van der Waals surface area contributed by atoms with E-state index in [-0.39, 0.29) is 15.8 Å². The molecular formula is C21H23ClF2N2O2S. The predicted molar refractivity (Wildman–Crippen MR) is 108 cm³/mol. The fourth-order valence-electron chi connectivity index (χ4n) is 4.46. The Morgan fingerprint density at radius 2 is 1.72 bits per heavy atom. The van der Waals surface area contributed by atoms with E-state index in [1.807, 2.05) is 23.1 Å². The summed E-state index contributed by atoms with van der Waals surface area (Å²) in [6.45, 7) is 2.55. The second-order valence-corrected chi connectivity index (χ2v) is 10.1. The third kappa shape index (κ3) is 4.06. The van der Waals surface area contributed by atoms with Crippen LogP contribution in [0.15, 0.2) is 41.3 Å². The first kappa shape index (κ1) is 20.7. The number of hydrogen-bond donors (Lipinski definition) is 1. The number of halogens is 3. The van der Waals surface area contributed by atoms with Crippen LogP contribution in [-0.4, -0.2) is 38.3 Å². The van der Waals surface area contributed by atoms with E-state index >= 15 is 0 Å². The van der Waals surface area contributed by atoms with Gasteiger partial charge in [-0.25, -0.2) is 17.2 Å². The standard InChI is InChI=1S/C21H23ClF2N2O2S/c22-17-11-18(23)19(24)12-20(17)29(27,28)21(15-5-8-25-9-6-15)26-10-7-14-3-1-2-4-16(14)13-26/h1-4,11-12,15,21,25H,5-10,13H2. The third-order valence-corrected chi connectivity index (χ3v) is 8.60. The molecule has 2 aliphatic rings. The van der Waals surface area contributed by atoms with E-state index in [2.05, 4.69) is 11.4 Å². The van der Waals surface area contributed by atoms with Crippen LogP contribution in [-0.2, 0) is 22.8 Å². The lowest BCUT2D eigenvalue weighted by atomic mass is 9.94. The monoisotopic (exact) mass is 440 g/mol. The Morgan fingerprint density at radius 3 is 2.45 bits per heavy atom. The molecule has 2 aromatic carbocycles. The van der Waals surface area contributed by atoms with E-state index in [0.29, 0.717) is 25.9 Å². The van der Waals surface area contributed by atoms with E-state index in [1.165, 1.54) is 5.56 Å². The summed E-state index contributed by atoms with van der Waals surface area (Å²) in [5.41, 5.74) is 2.32. The van der Waals surface area contributed by atoms with Gasteiger partial charge in [-0.2, -0.15) is 0 Å². The number of sulfone groups is 1. The van der Waals surface area contributed by atoms with Crippen molar-refractivity contribution in [3.05, 3.63) is 64.2 Å². The number of nitrogens with zero attached hydrogens (tertiary/aromatic N) is 1. The number of nitrogens with one attached hydrogen (secondary N) is 1. The van der Waals surface area contributed by atoms with Crippen molar-refractivity contribution in [2.75, 3.05) is 19.6 Å². The zero-order chi connectivity index (χ0) is 20.6. The van der Waals surface area contributed by atoms with Crippen LogP contribution in [0.1, 0.15) is 24.0 Å². The van der Waals surface area contributed by atoms with Gasteiger partial charge < -0.3 is 5.32 Å². The largest absolute Gasteiger partial charge is 0.317 e. The van der Waals surface area contributed by atoms with Crippen molar-refractivity contribution in [2.45, 2.75) is 36.1 Å². The van der Waals surface area contributed by atoms with Crippen LogP contribution in [0.3, 0.4) is 0 Å². The minimum atomic E-state index is -4.01. The normalized spacial score (nSPS) is 19.7. The van der Waals surface area contributed by atoms with Crippen LogP contribution >= 0.6 is 11.6 Å². The molecule has 1 N–H and O–H groups in total. The lowest BCUT2D eigenvalue weighted by Gasteiger charge is -2.40. The van der Waals surface area contributed by atoms with Gasteiger partial charge in [0.05, 0.1) is 9.92 Å². The zero-order valence-corrected chi connectivity index (χ0v) is 17.4. The van der Waals surface area contributed by atoms with Crippen molar-refractivity contribution in [2.24, 2.45) is 5.92 Å². The van der Waals surface area contributed by atoms with Crippen molar-refractivity contribution in [1.29, 1.82) is 0 Å². The fourth-order valence-corrected chi connectivity index (χ4v) is 7.15. The van der Waals surface area contributed by atoms with Crippen molar-refractivity contribution in [1.82, 2.24) is 10.2 Å². The molecule has 0 aliphatic carbocycles. The van der Waals surface area contributed by atoms with Crippen LogP contribution in [0.4, 0.5) is 8.78 Å². The molecule has 1 saturated heterocycles. The molecule has 2 aliphatic heterocycles. The van der Waals surface area contributed by atoms with Gasteiger partial charge in [-0.1, -0.05) is 35.9 Å². The lowest BCUT2D eigenvalue weighted by molar-refractivity contribution is 0.159. The fraction of sp³-hybridized carbons (Fsp3) is 0.429. The third-order valence-electron chi connectivity index (χ3n) is 5.91. The highest BCUT2D eigenvalue weighted by Gasteiger charge is 2.42. The maximum atomic E-state index is 13.9. The van der Waals surface area contributed by atoms with Gasteiger partial charge >= 0.3 is 0 Å². The minimum Gasteiger partial charge on any atom is -0.317 e. The van der Waals surface area contributed by atoms with Gasteiger partial charge in [0.25, 0.3) is 0 Å². The summed E-state index contributed by atoms with van der Waals surface area (Å²) in [6, 6.07) is 9.47. The van der Waals surface area contributed by atoms with Gasteiger partial charge in [0.1, 0.15) is 5.37 Å².